The van der Waals surface area contributed by atoms with Crippen LogP contribution < -0.4 is 5.73 Å². The average Bonchev–Trinajstić information content (AvgIpc) is 3.15. The molecule has 0 atom stereocenters. The summed E-state index contributed by atoms with van der Waals surface area (Å²) in [6.07, 6.45) is 0. The van der Waals surface area contributed by atoms with Crippen molar-refractivity contribution in [2.75, 3.05) is 5.73 Å². The minimum absolute atomic E-state index is 0.0815. The van der Waals surface area contributed by atoms with Crippen molar-refractivity contribution in [1.29, 1.82) is 0 Å². The molecule has 4 aromatic rings. The summed E-state index contributed by atoms with van der Waals surface area (Å²) in [5, 5.41) is 8.17. The van der Waals surface area contributed by atoms with E-state index in [-0.39, 0.29) is 9.92 Å². The summed E-state index contributed by atoms with van der Waals surface area (Å²) < 4.78 is 28.3. The Morgan fingerprint density at radius 1 is 0.793 bits per heavy atom. The molecule has 146 valence electrons. The van der Waals surface area contributed by atoms with Crippen molar-refractivity contribution in [3.63, 3.8) is 0 Å². The molecular formula is C22H20N4O2S. The number of hydrogen-bond acceptors (Lipinski definition) is 5. The summed E-state index contributed by atoms with van der Waals surface area (Å²) in [4.78, 5) is 0.181. The van der Waals surface area contributed by atoms with Gasteiger partial charge in [-0.3, -0.25) is 0 Å². The third kappa shape index (κ3) is 3.52. The Morgan fingerprint density at radius 2 is 1.34 bits per heavy atom. The van der Waals surface area contributed by atoms with Crippen LogP contribution in [0.4, 0.5) is 5.69 Å². The van der Waals surface area contributed by atoms with Crippen LogP contribution in [0.1, 0.15) is 11.1 Å². The lowest BCUT2D eigenvalue weighted by atomic mass is 10.1. The highest BCUT2D eigenvalue weighted by atomic mass is 32.2. The predicted octanol–water partition coefficient (Wildman–Crippen LogP) is 3.97. The Bertz CT molecular complexity index is 1260. The molecule has 0 unspecified atom stereocenters. The summed E-state index contributed by atoms with van der Waals surface area (Å²) in [6, 6.07) is 21.4. The van der Waals surface area contributed by atoms with E-state index in [0.29, 0.717) is 22.6 Å². The molecule has 0 saturated heterocycles. The van der Waals surface area contributed by atoms with E-state index in [1.807, 2.05) is 38.1 Å². The van der Waals surface area contributed by atoms with Gasteiger partial charge in [0.05, 0.1) is 10.6 Å². The van der Waals surface area contributed by atoms with Gasteiger partial charge in [-0.2, -0.15) is 0 Å². The molecule has 7 heteroatoms. The van der Waals surface area contributed by atoms with E-state index >= 15 is 0 Å². The van der Waals surface area contributed by atoms with Gasteiger partial charge >= 0.3 is 0 Å². The molecule has 0 aliphatic rings. The van der Waals surface area contributed by atoms with Crippen LogP contribution in [0, 0.1) is 13.8 Å². The molecule has 0 fully saturated rings. The van der Waals surface area contributed by atoms with Gasteiger partial charge in [0.25, 0.3) is 0 Å². The van der Waals surface area contributed by atoms with Gasteiger partial charge in [0.15, 0.2) is 0 Å². The summed E-state index contributed by atoms with van der Waals surface area (Å²) in [7, 11) is -3.86. The first kappa shape index (κ1) is 18.9. The SMILES string of the molecule is Cc1ccc(-c2c(S(=O)(=O)c3ccc(C)cc3)nnn2-c2ccc(N)cc2)cc1. The fraction of sp³-hybridized carbons (Fsp3) is 0.0909. The molecule has 6 nitrogen and oxygen atoms in total. The van der Waals surface area contributed by atoms with Crippen molar-refractivity contribution in [3.05, 3.63) is 83.9 Å². The molecule has 3 aromatic carbocycles. The van der Waals surface area contributed by atoms with E-state index in [2.05, 4.69) is 10.3 Å². The van der Waals surface area contributed by atoms with Crippen LogP contribution in [0.15, 0.2) is 82.7 Å². The van der Waals surface area contributed by atoms with Crippen LogP contribution in [0.3, 0.4) is 0 Å². The van der Waals surface area contributed by atoms with Crippen molar-refractivity contribution in [2.24, 2.45) is 0 Å². The molecule has 1 aromatic heterocycles. The van der Waals surface area contributed by atoms with Gasteiger partial charge in [-0.05, 0) is 50.2 Å². The highest BCUT2D eigenvalue weighted by molar-refractivity contribution is 7.91. The van der Waals surface area contributed by atoms with E-state index in [9.17, 15) is 8.42 Å². The van der Waals surface area contributed by atoms with E-state index in [1.54, 1.807) is 48.5 Å². The molecule has 29 heavy (non-hydrogen) atoms. The number of aromatic nitrogens is 3. The highest BCUT2D eigenvalue weighted by Gasteiger charge is 2.29. The maximum Gasteiger partial charge on any atom is 0.227 e. The van der Waals surface area contributed by atoms with Crippen molar-refractivity contribution >= 4 is 15.5 Å². The number of nitrogens with zero attached hydrogens (tertiary/aromatic N) is 3. The van der Waals surface area contributed by atoms with E-state index in [4.69, 9.17) is 5.73 Å². The molecule has 0 spiro atoms. The topological polar surface area (TPSA) is 90.9 Å². The number of hydrogen-bond donors (Lipinski definition) is 1. The lowest BCUT2D eigenvalue weighted by Crippen LogP contribution is -2.06. The molecule has 0 saturated carbocycles. The zero-order valence-electron chi connectivity index (χ0n) is 16.1. The van der Waals surface area contributed by atoms with Crippen molar-refractivity contribution in [1.82, 2.24) is 15.0 Å². The van der Waals surface area contributed by atoms with E-state index in [0.717, 1.165) is 11.1 Å². The van der Waals surface area contributed by atoms with E-state index < -0.39 is 9.84 Å². The first-order valence-electron chi connectivity index (χ1n) is 9.07. The van der Waals surface area contributed by atoms with Gasteiger partial charge < -0.3 is 5.73 Å². The highest BCUT2D eigenvalue weighted by Crippen LogP contribution is 2.32. The van der Waals surface area contributed by atoms with E-state index in [1.165, 1.54) is 4.68 Å². The van der Waals surface area contributed by atoms with Gasteiger partial charge in [-0.25, -0.2) is 13.1 Å². The van der Waals surface area contributed by atoms with Crippen molar-refractivity contribution < 1.29 is 8.42 Å². The molecule has 0 amide bonds. The lowest BCUT2D eigenvalue weighted by Gasteiger charge is -2.10. The van der Waals surface area contributed by atoms with Crippen LogP contribution >= 0.6 is 0 Å². The van der Waals surface area contributed by atoms with Crippen LogP contribution in [0.2, 0.25) is 0 Å². The lowest BCUT2D eigenvalue weighted by molar-refractivity contribution is 0.592. The summed E-state index contributed by atoms with van der Waals surface area (Å²) in [6.45, 7) is 3.88. The Labute approximate surface area is 169 Å². The number of rotatable bonds is 4. The monoisotopic (exact) mass is 404 g/mol. The van der Waals surface area contributed by atoms with Gasteiger partial charge in [0.1, 0.15) is 5.69 Å². The molecule has 1 heterocycles. The third-order valence-corrected chi connectivity index (χ3v) is 6.36. The van der Waals surface area contributed by atoms with Crippen molar-refractivity contribution in [2.45, 2.75) is 23.8 Å². The Kier molecular flexibility index (Phi) is 4.68. The summed E-state index contributed by atoms with van der Waals surface area (Å²) in [5.41, 5.74) is 10.3. The minimum atomic E-state index is -3.86. The Morgan fingerprint density at radius 3 is 1.93 bits per heavy atom. The number of nitrogens with two attached hydrogens (primary N) is 1. The van der Waals surface area contributed by atoms with Gasteiger partial charge in [0.2, 0.25) is 14.9 Å². The fourth-order valence-electron chi connectivity index (χ4n) is 3.03. The maximum absolute atomic E-state index is 13.4. The number of aryl methyl sites for hydroxylation is 2. The normalized spacial score (nSPS) is 11.5. The first-order valence-corrected chi connectivity index (χ1v) is 10.5. The largest absolute Gasteiger partial charge is 0.399 e. The smallest absolute Gasteiger partial charge is 0.227 e. The van der Waals surface area contributed by atoms with Gasteiger partial charge in [-0.1, -0.05) is 52.7 Å². The molecule has 2 N–H and O–H groups in total. The fourth-order valence-corrected chi connectivity index (χ4v) is 4.35. The second kappa shape index (κ2) is 7.18. The zero-order chi connectivity index (χ0) is 20.6. The van der Waals surface area contributed by atoms with Gasteiger partial charge in [-0.15, -0.1) is 5.10 Å². The molecule has 0 aliphatic heterocycles. The van der Waals surface area contributed by atoms with Crippen LogP contribution in [0.25, 0.3) is 16.9 Å². The standard InChI is InChI=1S/C22H20N4O2S/c1-15-3-7-17(8-4-15)21-22(29(27,28)20-13-5-16(2)6-14-20)24-25-26(21)19-11-9-18(23)10-12-19/h3-14H,23H2,1-2H3. The van der Waals surface area contributed by atoms with Crippen LogP contribution in [0.5, 0.6) is 0 Å². The predicted molar refractivity (Wildman–Crippen MR) is 113 cm³/mol. The van der Waals surface area contributed by atoms with Crippen LogP contribution in [-0.4, -0.2) is 23.4 Å². The number of benzene rings is 3. The molecule has 0 aliphatic carbocycles. The summed E-state index contributed by atoms with van der Waals surface area (Å²) in [5.74, 6) is 0. The number of nitrogen functional groups attached to an aromatic ring is 1. The zero-order valence-corrected chi connectivity index (χ0v) is 16.9. The molecule has 0 bridgehead atoms. The Hall–Kier alpha value is -3.45. The first-order chi connectivity index (χ1) is 13.9. The van der Waals surface area contributed by atoms with Crippen molar-refractivity contribution in [3.8, 4) is 16.9 Å². The minimum Gasteiger partial charge on any atom is -0.399 e. The third-order valence-electron chi connectivity index (χ3n) is 4.69. The maximum atomic E-state index is 13.4. The Balaban J connectivity index is 1.96. The second-order valence-electron chi connectivity index (χ2n) is 6.93. The molecule has 0 radical (unpaired) electrons. The average molecular weight is 404 g/mol. The summed E-state index contributed by atoms with van der Waals surface area (Å²) >= 11 is 0. The second-order valence-corrected chi connectivity index (χ2v) is 8.79. The number of anilines is 1. The quantitative estimate of drug-likeness (QED) is 0.520. The van der Waals surface area contributed by atoms with Crippen LogP contribution in [-0.2, 0) is 9.84 Å². The number of sulfone groups is 1. The molecular weight excluding hydrogens is 384 g/mol. The molecule has 4 rings (SSSR count). The van der Waals surface area contributed by atoms with Gasteiger partial charge in [0, 0.05) is 11.3 Å².